The van der Waals surface area contributed by atoms with Gasteiger partial charge in [-0.25, -0.2) is 8.42 Å². The summed E-state index contributed by atoms with van der Waals surface area (Å²) in [6, 6.07) is 32.6. The van der Waals surface area contributed by atoms with E-state index in [9.17, 15) is 18.3 Å². The zero-order valence-corrected chi connectivity index (χ0v) is 21.1. The van der Waals surface area contributed by atoms with Gasteiger partial charge >= 0.3 is 0 Å². The Morgan fingerprint density at radius 1 is 0.730 bits per heavy atom. The van der Waals surface area contributed by atoms with Crippen molar-refractivity contribution in [1.29, 1.82) is 0 Å². The molecule has 5 rings (SSSR count). The smallest absolute Gasteiger partial charge is 0.261 e. The number of nitrogens with zero attached hydrogens (tertiary/aromatic N) is 1. The summed E-state index contributed by atoms with van der Waals surface area (Å²) in [6.07, 6.45) is 0.855. The molecule has 0 radical (unpaired) electrons. The minimum Gasteiger partial charge on any atom is -0.385 e. The molecule has 4 aromatic carbocycles. The van der Waals surface area contributed by atoms with Gasteiger partial charge in [0, 0.05) is 24.3 Å². The van der Waals surface area contributed by atoms with E-state index in [2.05, 4.69) is 16.9 Å². The predicted octanol–water partition coefficient (Wildman–Crippen LogP) is 5.28. The number of anilines is 1. The number of nitrogens with one attached hydrogen (secondary N) is 1. The van der Waals surface area contributed by atoms with Crippen LogP contribution in [-0.2, 0) is 15.6 Å². The van der Waals surface area contributed by atoms with Crippen molar-refractivity contribution >= 4 is 21.6 Å². The van der Waals surface area contributed by atoms with Crippen LogP contribution in [0, 0.1) is 0 Å². The minimum atomic E-state index is -3.76. The number of carbonyl (C=O) groups excluding carboxylic acids is 1. The standard InChI is InChI=1S/C30H28N2O4S/c33-29(25-13-17-28(18-14-25)37(35,36)31-27-9-5-2-6-10-27)32-21-19-30(34,20-22-32)26-15-11-24(12-16-26)23-7-3-1-4-8-23/h1-18,31,34H,19-22H2. The number of rotatable bonds is 6. The maximum atomic E-state index is 13.1. The van der Waals surface area contributed by atoms with E-state index < -0.39 is 15.6 Å². The van der Waals surface area contributed by atoms with Crippen LogP contribution in [0.15, 0.2) is 114 Å². The number of sulfonamides is 1. The zero-order chi connectivity index (χ0) is 25.9. The van der Waals surface area contributed by atoms with E-state index in [-0.39, 0.29) is 10.8 Å². The lowest BCUT2D eigenvalue weighted by molar-refractivity contribution is -0.0211. The molecule has 1 heterocycles. The lowest BCUT2D eigenvalue weighted by atomic mass is 9.83. The third-order valence-electron chi connectivity index (χ3n) is 6.84. The number of benzene rings is 4. The van der Waals surface area contributed by atoms with Crippen LogP contribution < -0.4 is 4.72 Å². The quantitative estimate of drug-likeness (QED) is 0.368. The molecule has 37 heavy (non-hydrogen) atoms. The van der Waals surface area contributed by atoms with E-state index in [0.29, 0.717) is 37.2 Å². The topological polar surface area (TPSA) is 86.7 Å². The number of aliphatic hydroxyl groups is 1. The fourth-order valence-electron chi connectivity index (χ4n) is 4.65. The Hall–Kier alpha value is -3.94. The van der Waals surface area contributed by atoms with Crippen molar-refractivity contribution < 1.29 is 18.3 Å². The van der Waals surface area contributed by atoms with Gasteiger partial charge in [-0.3, -0.25) is 9.52 Å². The Kier molecular flexibility index (Phi) is 6.82. The fraction of sp³-hybridized carbons (Fsp3) is 0.167. The van der Waals surface area contributed by atoms with Gasteiger partial charge < -0.3 is 10.0 Å². The SMILES string of the molecule is O=C(c1ccc(S(=O)(=O)Nc2ccccc2)cc1)N1CCC(O)(c2ccc(-c3ccccc3)cc2)CC1. The Morgan fingerprint density at radius 2 is 1.27 bits per heavy atom. The van der Waals surface area contributed by atoms with Gasteiger partial charge in [-0.1, -0.05) is 72.8 Å². The summed E-state index contributed by atoms with van der Waals surface area (Å²) in [4.78, 5) is 14.9. The summed E-state index contributed by atoms with van der Waals surface area (Å²) < 4.78 is 27.8. The molecule has 1 amide bonds. The summed E-state index contributed by atoms with van der Waals surface area (Å²) in [7, 11) is -3.76. The molecule has 188 valence electrons. The molecule has 6 nitrogen and oxygen atoms in total. The number of piperidine rings is 1. The molecule has 2 N–H and O–H groups in total. The fourth-order valence-corrected chi connectivity index (χ4v) is 5.71. The van der Waals surface area contributed by atoms with Gasteiger partial charge in [0.15, 0.2) is 0 Å². The molecule has 1 aliphatic heterocycles. The maximum absolute atomic E-state index is 13.1. The van der Waals surface area contributed by atoms with E-state index in [1.807, 2.05) is 42.5 Å². The highest BCUT2D eigenvalue weighted by Gasteiger charge is 2.35. The molecular weight excluding hydrogens is 484 g/mol. The van der Waals surface area contributed by atoms with Crippen LogP contribution in [0.4, 0.5) is 5.69 Å². The van der Waals surface area contributed by atoms with Crippen LogP contribution >= 0.6 is 0 Å². The van der Waals surface area contributed by atoms with E-state index >= 15 is 0 Å². The van der Waals surface area contributed by atoms with Crippen LogP contribution in [-0.4, -0.2) is 37.4 Å². The first kappa shape index (κ1) is 24.7. The van der Waals surface area contributed by atoms with Crippen LogP contribution in [0.5, 0.6) is 0 Å². The normalized spacial score (nSPS) is 15.2. The number of amides is 1. The van der Waals surface area contributed by atoms with E-state index in [1.165, 1.54) is 24.3 Å². The van der Waals surface area contributed by atoms with E-state index in [4.69, 9.17) is 0 Å². The highest BCUT2D eigenvalue weighted by molar-refractivity contribution is 7.92. The van der Waals surface area contributed by atoms with Crippen molar-refractivity contribution in [3.05, 3.63) is 120 Å². The summed E-state index contributed by atoms with van der Waals surface area (Å²) >= 11 is 0. The second-order valence-corrected chi connectivity index (χ2v) is 10.9. The molecule has 0 aliphatic carbocycles. The second-order valence-electron chi connectivity index (χ2n) is 9.26. The highest BCUT2D eigenvalue weighted by atomic mass is 32.2. The van der Waals surface area contributed by atoms with Gasteiger partial charge in [-0.2, -0.15) is 0 Å². The summed E-state index contributed by atoms with van der Waals surface area (Å²) in [5, 5.41) is 11.3. The van der Waals surface area contributed by atoms with Gasteiger partial charge in [0.25, 0.3) is 15.9 Å². The lowest BCUT2D eigenvalue weighted by Crippen LogP contribution is -2.45. The summed E-state index contributed by atoms with van der Waals surface area (Å²) in [6.45, 7) is 0.816. The Labute approximate surface area is 217 Å². The number of carbonyl (C=O) groups is 1. The number of para-hydroxylation sites is 1. The lowest BCUT2D eigenvalue weighted by Gasteiger charge is -2.38. The predicted molar refractivity (Wildman–Crippen MR) is 145 cm³/mol. The van der Waals surface area contributed by atoms with Crippen molar-refractivity contribution in [3.8, 4) is 11.1 Å². The van der Waals surface area contributed by atoms with Gasteiger partial charge in [-0.05, 0) is 65.9 Å². The molecule has 0 atom stereocenters. The Morgan fingerprint density at radius 3 is 1.86 bits per heavy atom. The first-order valence-electron chi connectivity index (χ1n) is 12.2. The Balaban J connectivity index is 1.22. The van der Waals surface area contributed by atoms with Crippen molar-refractivity contribution in [3.63, 3.8) is 0 Å². The number of likely N-dealkylation sites (tertiary alicyclic amines) is 1. The molecule has 0 saturated carbocycles. The van der Waals surface area contributed by atoms with Gasteiger partial charge in [0.05, 0.1) is 10.5 Å². The molecule has 4 aromatic rings. The molecular formula is C30H28N2O4S. The highest BCUT2D eigenvalue weighted by Crippen LogP contribution is 2.34. The maximum Gasteiger partial charge on any atom is 0.261 e. The first-order chi connectivity index (χ1) is 17.8. The minimum absolute atomic E-state index is 0.0832. The second kappa shape index (κ2) is 10.2. The molecule has 0 unspecified atom stereocenters. The largest absolute Gasteiger partial charge is 0.385 e. The van der Waals surface area contributed by atoms with Crippen molar-refractivity contribution in [2.24, 2.45) is 0 Å². The van der Waals surface area contributed by atoms with Crippen molar-refractivity contribution in [2.45, 2.75) is 23.3 Å². The number of hydrogen-bond acceptors (Lipinski definition) is 4. The summed E-state index contributed by atoms with van der Waals surface area (Å²) in [5.74, 6) is -0.179. The van der Waals surface area contributed by atoms with Crippen LogP contribution in [0.1, 0.15) is 28.8 Å². The van der Waals surface area contributed by atoms with Gasteiger partial charge in [-0.15, -0.1) is 0 Å². The average Bonchev–Trinajstić information content (AvgIpc) is 2.94. The van der Waals surface area contributed by atoms with Gasteiger partial charge in [0.2, 0.25) is 0 Å². The zero-order valence-electron chi connectivity index (χ0n) is 20.2. The Bertz CT molecular complexity index is 1460. The summed E-state index contributed by atoms with van der Waals surface area (Å²) in [5.41, 5.74) is 2.95. The molecule has 1 fully saturated rings. The third-order valence-corrected chi connectivity index (χ3v) is 8.24. The van der Waals surface area contributed by atoms with Crippen LogP contribution in [0.25, 0.3) is 11.1 Å². The van der Waals surface area contributed by atoms with Crippen LogP contribution in [0.2, 0.25) is 0 Å². The monoisotopic (exact) mass is 512 g/mol. The molecule has 7 heteroatoms. The molecule has 0 aromatic heterocycles. The molecule has 1 aliphatic rings. The number of hydrogen-bond donors (Lipinski definition) is 2. The van der Waals surface area contributed by atoms with Gasteiger partial charge in [0.1, 0.15) is 0 Å². The van der Waals surface area contributed by atoms with Crippen molar-refractivity contribution in [1.82, 2.24) is 4.90 Å². The first-order valence-corrected chi connectivity index (χ1v) is 13.7. The average molecular weight is 513 g/mol. The third kappa shape index (κ3) is 5.43. The van der Waals surface area contributed by atoms with Crippen LogP contribution in [0.3, 0.4) is 0 Å². The molecule has 0 bridgehead atoms. The van der Waals surface area contributed by atoms with E-state index in [1.54, 1.807) is 35.2 Å². The van der Waals surface area contributed by atoms with Crippen molar-refractivity contribution in [2.75, 3.05) is 17.8 Å². The van der Waals surface area contributed by atoms with E-state index in [0.717, 1.165) is 16.7 Å². The molecule has 0 spiro atoms. The molecule has 1 saturated heterocycles.